The highest BCUT2D eigenvalue weighted by Gasteiger charge is 2.62. The zero-order valence-corrected chi connectivity index (χ0v) is 10.0. The van der Waals surface area contributed by atoms with Crippen LogP contribution >= 0.6 is 0 Å². The van der Waals surface area contributed by atoms with Crippen molar-refractivity contribution in [2.75, 3.05) is 0 Å². The fraction of sp³-hybridized carbons (Fsp3) is 0.455. The second-order valence-electron chi connectivity index (χ2n) is 4.12. The van der Waals surface area contributed by atoms with Crippen LogP contribution in [0.2, 0.25) is 0 Å². The van der Waals surface area contributed by atoms with Crippen molar-refractivity contribution in [3.05, 3.63) is 34.9 Å². The first kappa shape index (κ1) is 17.6. The van der Waals surface area contributed by atoms with Crippen molar-refractivity contribution in [1.29, 1.82) is 0 Å². The summed E-state index contributed by atoms with van der Waals surface area (Å²) in [5.41, 5.74) is -5.37. The highest BCUT2D eigenvalue weighted by atomic mass is 19.4. The molecule has 0 spiro atoms. The second kappa shape index (κ2) is 4.77. The molecule has 1 rings (SSSR count). The Labute approximate surface area is 111 Å². The molecule has 0 bridgehead atoms. The van der Waals surface area contributed by atoms with Crippen LogP contribution in [0.3, 0.4) is 0 Å². The summed E-state index contributed by atoms with van der Waals surface area (Å²) >= 11 is 0. The molecular formula is C11H6F10. The molecule has 0 saturated carbocycles. The molecule has 0 N–H and O–H groups in total. The van der Waals surface area contributed by atoms with Gasteiger partial charge in [0.15, 0.2) is 0 Å². The maximum Gasteiger partial charge on any atom is 0.458 e. The fourth-order valence-electron chi connectivity index (χ4n) is 1.62. The molecule has 1 aromatic rings. The van der Waals surface area contributed by atoms with Crippen LogP contribution < -0.4 is 0 Å². The summed E-state index contributed by atoms with van der Waals surface area (Å²) in [4.78, 5) is 0. The van der Waals surface area contributed by atoms with Gasteiger partial charge >= 0.3 is 24.2 Å². The van der Waals surface area contributed by atoms with Gasteiger partial charge in [0.2, 0.25) is 0 Å². The number of rotatable bonds is 2. The molecule has 0 radical (unpaired) electrons. The number of alkyl halides is 10. The first-order valence-electron chi connectivity index (χ1n) is 5.13. The SMILES string of the molecule is Cc1c(C(F)(F)C(F)(F)F)cccc1C(F)(F)C(F)(F)F. The molecular weight excluding hydrogens is 322 g/mol. The van der Waals surface area contributed by atoms with E-state index in [9.17, 15) is 43.9 Å². The number of hydrogen-bond acceptors (Lipinski definition) is 0. The predicted octanol–water partition coefficient (Wildman–Crippen LogP) is 5.30. The summed E-state index contributed by atoms with van der Waals surface area (Å²) < 4.78 is 126. The average Bonchev–Trinajstić information content (AvgIpc) is 2.25. The lowest BCUT2D eigenvalue weighted by Crippen LogP contribution is -2.37. The van der Waals surface area contributed by atoms with Gasteiger partial charge in [-0.1, -0.05) is 18.2 Å². The van der Waals surface area contributed by atoms with E-state index in [1.54, 1.807) is 0 Å². The van der Waals surface area contributed by atoms with Gasteiger partial charge in [0, 0.05) is 11.1 Å². The minimum absolute atomic E-state index is 0.152. The fourth-order valence-corrected chi connectivity index (χ4v) is 1.62. The lowest BCUT2D eigenvalue weighted by atomic mass is 9.93. The molecule has 0 saturated heterocycles. The Morgan fingerprint density at radius 3 is 1.14 bits per heavy atom. The normalized spacial score (nSPS) is 14.4. The first-order chi connectivity index (χ1) is 9.14. The van der Waals surface area contributed by atoms with Gasteiger partial charge in [0.25, 0.3) is 0 Å². The van der Waals surface area contributed by atoms with Crippen LogP contribution in [0.4, 0.5) is 43.9 Å². The van der Waals surface area contributed by atoms with E-state index >= 15 is 0 Å². The minimum Gasteiger partial charge on any atom is -0.191 e. The molecule has 0 unspecified atom stereocenters. The lowest BCUT2D eigenvalue weighted by Gasteiger charge is -2.26. The van der Waals surface area contributed by atoms with Gasteiger partial charge in [-0.05, 0) is 12.5 Å². The van der Waals surface area contributed by atoms with Gasteiger partial charge < -0.3 is 0 Å². The third-order valence-corrected chi connectivity index (χ3v) is 2.72. The van der Waals surface area contributed by atoms with Crippen LogP contribution in [0.25, 0.3) is 0 Å². The van der Waals surface area contributed by atoms with Crippen molar-refractivity contribution >= 4 is 0 Å². The molecule has 0 nitrogen and oxygen atoms in total. The Balaban J connectivity index is 3.56. The van der Waals surface area contributed by atoms with E-state index in [1.807, 2.05) is 0 Å². The number of hydrogen-bond donors (Lipinski definition) is 0. The van der Waals surface area contributed by atoms with Gasteiger partial charge in [0.1, 0.15) is 0 Å². The molecule has 0 heterocycles. The van der Waals surface area contributed by atoms with Crippen LogP contribution in [0.1, 0.15) is 16.7 Å². The average molecular weight is 328 g/mol. The minimum atomic E-state index is -6.12. The van der Waals surface area contributed by atoms with Gasteiger partial charge in [0.05, 0.1) is 0 Å². The Hall–Kier alpha value is -1.48. The van der Waals surface area contributed by atoms with Gasteiger partial charge in [-0.25, -0.2) is 0 Å². The van der Waals surface area contributed by atoms with Crippen LogP contribution in [-0.2, 0) is 11.8 Å². The maximum atomic E-state index is 13.1. The van der Waals surface area contributed by atoms with Crippen molar-refractivity contribution in [3.8, 4) is 0 Å². The predicted molar refractivity (Wildman–Crippen MR) is 51.1 cm³/mol. The second-order valence-corrected chi connectivity index (χ2v) is 4.12. The van der Waals surface area contributed by atoms with Crippen LogP contribution in [-0.4, -0.2) is 12.4 Å². The van der Waals surface area contributed by atoms with E-state index < -0.39 is 40.9 Å². The van der Waals surface area contributed by atoms with Crippen molar-refractivity contribution in [3.63, 3.8) is 0 Å². The van der Waals surface area contributed by atoms with E-state index in [0.29, 0.717) is 6.92 Å². The van der Waals surface area contributed by atoms with Crippen LogP contribution in [0, 0.1) is 6.92 Å². The van der Waals surface area contributed by atoms with Crippen molar-refractivity contribution in [1.82, 2.24) is 0 Å². The first-order valence-corrected chi connectivity index (χ1v) is 5.13. The third-order valence-electron chi connectivity index (χ3n) is 2.72. The lowest BCUT2D eigenvalue weighted by molar-refractivity contribution is -0.292. The number of benzene rings is 1. The van der Waals surface area contributed by atoms with E-state index in [1.165, 1.54) is 0 Å². The molecule has 21 heavy (non-hydrogen) atoms. The summed E-state index contributed by atoms with van der Waals surface area (Å²) in [6.07, 6.45) is -12.2. The molecule has 0 aliphatic carbocycles. The maximum absolute atomic E-state index is 13.1. The Morgan fingerprint density at radius 2 is 0.905 bits per heavy atom. The molecule has 10 heteroatoms. The molecule has 0 atom stereocenters. The molecule has 120 valence electrons. The molecule has 0 aromatic heterocycles. The molecule has 1 aromatic carbocycles. The highest BCUT2D eigenvalue weighted by Crippen LogP contribution is 2.49. The quantitative estimate of drug-likeness (QED) is 0.646. The zero-order chi connectivity index (χ0) is 16.9. The van der Waals surface area contributed by atoms with Gasteiger partial charge in [-0.15, -0.1) is 0 Å². The summed E-state index contributed by atoms with van der Waals surface area (Å²) in [5, 5.41) is 0. The smallest absolute Gasteiger partial charge is 0.191 e. The van der Waals surface area contributed by atoms with Crippen molar-refractivity contribution in [2.24, 2.45) is 0 Å². The number of halogens is 10. The Morgan fingerprint density at radius 1 is 0.619 bits per heavy atom. The third kappa shape index (κ3) is 2.80. The summed E-state index contributed by atoms with van der Waals surface area (Å²) in [6.45, 7) is 0.351. The molecule has 0 aliphatic rings. The molecule has 0 fully saturated rings. The zero-order valence-electron chi connectivity index (χ0n) is 10.0. The summed E-state index contributed by atoms with van der Waals surface area (Å²) in [6, 6.07) is 0.592. The highest BCUT2D eigenvalue weighted by molar-refractivity contribution is 5.40. The largest absolute Gasteiger partial charge is 0.458 e. The summed E-state index contributed by atoms with van der Waals surface area (Å²) in [5.74, 6) is -11.1. The monoisotopic (exact) mass is 328 g/mol. The van der Waals surface area contributed by atoms with E-state index in [-0.39, 0.29) is 18.2 Å². The standard InChI is InChI=1S/C11H6F10/c1-5-6(8(12,13)10(16,17)18)3-2-4-7(5)9(14,15)11(19,20)21/h2-4H,1H3. The molecule has 0 aliphatic heterocycles. The van der Waals surface area contributed by atoms with Crippen LogP contribution in [0.15, 0.2) is 18.2 Å². The van der Waals surface area contributed by atoms with Crippen molar-refractivity contribution in [2.45, 2.75) is 31.1 Å². The van der Waals surface area contributed by atoms with E-state index in [2.05, 4.69) is 0 Å². The van der Waals surface area contributed by atoms with E-state index in [4.69, 9.17) is 0 Å². The Bertz CT molecular complexity index is 479. The van der Waals surface area contributed by atoms with Gasteiger partial charge in [-0.3, -0.25) is 0 Å². The van der Waals surface area contributed by atoms with Crippen LogP contribution in [0.5, 0.6) is 0 Å². The summed E-state index contributed by atoms with van der Waals surface area (Å²) in [7, 11) is 0. The Kier molecular flexibility index (Phi) is 3.99. The topological polar surface area (TPSA) is 0 Å². The molecule has 0 amide bonds. The van der Waals surface area contributed by atoms with Gasteiger partial charge in [-0.2, -0.15) is 43.9 Å². The van der Waals surface area contributed by atoms with E-state index in [0.717, 1.165) is 0 Å². The van der Waals surface area contributed by atoms with Crippen molar-refractivity contribution < 1.29 is 43.9 Å².